The maximum absolute atomic E-state index is 12.3. The summed E-state index contributed by atoms with van der Waals surface area (Å²) in [6.07, 6.45) is 7.09. The van der Waals surface area contributed by atoms with Crippen molar-refractivity contribution >= 4 is 11.9 Å². The summed E-state index contributed by atoms with van der Waals surface area (Å²) >= 11 is 0. The van der Waals surface area contributed by atoms with E-state index in [2.05, 4.69) is 0 Å². The zero-order valence-electron chi connectivity index (χ0n) is 12.1. The highest BCUT2D eigenvalue weighted by Gasteiger charge is 2.50. The second-order valence-corrected chi connectivity index (χ2v) is 6.00. The van der Waals surface area contributed by atoms with Gasteiger partial charge in [0.05, 0.1) is 0 Å². The molecule has 0 radical (unpaired) electrons. The molecule has 1 N–H and O–H groups in total. The van der Waals surface area contributed by atoms with Crippen molar-refractivity contribution in [3.05, 3.63) is 0 Å². The molecule has 114 valence electrons. The third-order valence-electron chi connectivity index (χ3n) is 4.75. The average molecular weight is 284 g/mol. The molecule has 2 saturated carbocycles. The van der Waals surface area contributed by atoms with E-state index in [1.807, 2.05) is 0 Å². The number of carboxylic acid groups (broad SMARTS) is 1. The van der Waals surface area contributed by atoms with Crippen molar-refractivity contribution < 1.29 is 24.2 Å². The minimum absolute atomic E-state index is 0.199. The van der Waals surface area contributed by atoms with Crippen LogP contribution in [0.25, 0.3) is 0 Å². The molecule has 0 bridgehead atoms. The minimum atomic E-state index is -1.34. The molecule has 0 saturated heterocycles. The van der Waals surface area contributed by atoms with E-state index >= 15 is 0 Å². The zero-order valence-corrected chi connectivity index (χ0v) is 12.1. The predicted octanol–water partition coefficient (Wildman–Crippen LogP) is 2.73. The lowest BCUT2D eigenvalue weighted by molar-refractivity contribution is -0.200. The molecule has 5 nitrogen and oxygen atoms in total. The van der Waals surface area contributed by atoms with Gasteiger partial charge in [-0.2, -0.15) is 0 Å². The molecule has 1 unspecified atom stereocenters. The number of rotatable bonds is 5. The second-order valence-electron chi connectivity index (χ2n) is 6.00. The van der Waals surface area contributed by atoms with Gasteiger partial charge in [0.25, 0.3) is 0 Å². The highest BCUT2D eigenvalue weighted by atomic mass is 16.7. The van der Waals surface area contributed by atoms with Gasteiger partial charge in [-0.1, -0.05) is 32.1 Å². The van der Waals surface area contributed by atoms with Gasteiger partial charge in [-0.3, -0.25) is 9.59 Å². The summed E-state index contributed by atoms with van der Waals surface area (Å²) in [6.45, 7) is 0. The molecule has 0 aliphatic heterocycles. The molecule has 1 atom stereocenters. The molecular formula is C15H24O5. The van der Waals surface area contributed by atoms with Crippen molar-refractivity contribution in [2.45, 2.75) is 64.1 Å². The maximum atomic E-state index is 12.3. The number of ether oxygens (including phenoxy) is 2. The zero-order chi connectivity index (χ0) is 14.6. The van der Waals surface area contributed by atoms with Gasteiger partial charge < -0.3 is 14.6 Å². The Morgan fingerprint density at radius 3 is 2.20 bits per heavy atom. The first-order chi connectivity index (χ1) is 9.60. The standard InChI is InChI=1S/C15H24O5/c1-19-12(11-7-3-2-4-8-11)20-14(18)15(13(16)17)9-5-6-10-15/h11-12H,2-10H2,1H3,(H,16,17). The number of carboxylic acids is 1. The van der Waals surface area contributed by atoms with Crippen molar-refractivity contribution in [2.24, 2.45) is 11.3 Å². The van der Waals surface area contributed by atoms with E-state index < -0.39 is 23.6 Å². The first kappa shape index (κ1) is 15.3. The number of carbonyl (C=O) groups is 2. The van der Waals surface area contributed by atoms with Crippen molar-refractivity contribution in [1.82, 2.24) is 0 Å². The molecule has 0 aromatic carbocycles. The number of methoxy groups -OCH3 is 1. The maximum Gasteiger partial charge on any atom is 0.325 e. The molecule has 2 aliphatic rings. The lowest BCUT2D eigenvalue weighted by atomic mass is 9.86. The van der Waals surface area contributed by atoms with Gasteiger partial charge in [-0.05, 0) is 25.7 Å². The van der Waals surface area contributed by atoms with Crippen molar-refractivity contribution in [2.75, 3.05) is 7.11 Å². The van der Waals surface area contributed by atoms with Crippen LogP contribution in [0.15, 0.2) is 0 Å². The second kappa shape index (κ2) is 6.57. The summed E-state index contributed by atoms with van der Waals surface area (Å²) in [7, 11) is 1.52. The first-order valence-electron chi connectivity index (χ1n) is 7.57. The van der Waals surface area contributed by atoms with Crippen LogP contribution in [0.3, 0.4) is 0 Å². The Morgan fingerprint density at radius 2 is 1.70 bits per heavy atom. The Morgan fingerprint density at radius 1 is 1.10 bits per heavy atom. The Balaban J connectivity index is 2.02. The van der Waals surface area contributed by atoms with Crippen LogP contribution in [-0.2, 0) is 19.1 Å². The molecule has 5 heteroatoms. The molecule has 0 amide bonds. The van der Waals surface area contributed by atoms with Crippen LogP contribution in [0.1, 0.15) is 57.8 Å². The predicted molar refractivity (Wildman–Crippen MR) is 72.0 cm³/mol. The van der Waals surface area contributed by atoms with E-state index in [1.54, 1.807) is 0 Å². The fraction of sp³-hybridized carbons (Fsp3) is 0.867. The molecule has 0 spiro atoms. The number of hydrogen-bond acceptors (Lipinski definition) is 4. The fourth-order valence-corrected chi connectivity index (χ4v) is 3.45. The smallest absolute Gasteiger partial charge is 0.325 e. The number of esters is 1. The van der Waals surface area contributed by atoms with E-state index in [4.69, 9.17) is 9.47 Å². The van der Waals surface area contributed by atoms with E-state index in [9.17, 15) is 14.7 Å². The van der Waals surface area contributed by atoms with Gasteiger partial charge in [-0.25, -0.2) is 0 Å². The summed E-state index contributed by atoms with van der Waals surface area (Å²) in [4.78, 5) is 23.8. The molecule has 0 aromatic rings. The topological polar surface area (TPSA) is 72.8 Å². The number of hydrogen-bond donors (Lipinski definition) is 1. The largest absolute Gasteiger partial charge is 0.480 e. The summed E-state index contributed by atoms with van der Waals surface area (Å²) < 4.78 is 10.8. The van der Waals surface area contributed by atoms with Gasteiger partial charge in [0.2, 0.25) is 6.29 Å². The molecule has 20 heavy (non-hydrogen) atoms. The molecular weight excluding hydrogens is 260 g/mol. The van der Waals surface area contributed by atoms with E-state index in [1.165, 1.54) is 13.5 Å². The lowest BCUT2D eigenvalue weighted by Gasteiger charge is -2.31. The Bertz CT molecular complexity index is 353. The van der Waals surface area contributed by atoms with Crippen LogP contribution in [0.2, 0.25) is 0 Å². The molecule has 2 aliphatic carbocycles. The van der Waals surface area contributed by atoms with Crippen LogP contribution in [0, 0.1) is 11.3 Å². The normalized spacial score (nSPS) is 24.2. The van der Waals surface area contributed by atoms with Crippen molar-refractivity contribution in [3.63, 3.8) is 0 Å². The van der Waals surface area contributed by atoms with Gasteiger partial charge in [0.1, 0.15) is 0 Å². The molecule has 0 heterocycles. The Kier molecular flexibility index (Phi) is 5.02. The van der Waals surface area contributed by atoms with Crippen LogP contribution >= 0.6 is 0 Å². The van der Waals surface area contributed by atoms with Gasteiger partial charge in [-0.15, -0.1) is 0 Å². The Hall–Kier alpha value is -1.10. The van der Waals surface area contributed by atoms with E-state index in [0.29, 0.717) is 12.8 Å². The number of carbonyl (C=O) groups excluding carboxylic acids is 1. The highest BCUT2D eigenvalue weighted by Crippen LogP contribution is 2.40. The quantitative estimate of drug-likeness (QED) is 0.477. The third-order valence-corrected chi connectivity index (χ3v) is 4.75. The summed E-state index contributed by atoms with van der Waals surface area (Å²) in [5.41, 5.74) is -1.34. The SMILES string of the molecule is COC(OC(=O)C1(C(=O)O)CCCC1)C1CCCCC1. The lowest BCUT2D eigenvalue weighted by Crippen LogP contribution is -2.42. The summed E-state index contributed by atoms with van der Waals surface area (Å²) in [5.74, 6) is -1.47. The Labute approximate surface area is 119 Å². The molecule has 2 fully saturated rings. The average Bonchev–Trinajstić information content (AvgIpc) is 2.96. The van der Waals surface area contributed by atoms with Crippen molar-refractivity contribution in [1.29, 1.82) is 0 Å². The fourth-order valence-electron chi connectivity index (χ4n) is 3.45. The van der Waals surface area contributed by atoms with Gasteiger partial charge >= 0.3 is 11.9 Å². The van der Waals surface area contributed by atoms with E-state index in [-0.39, 0.29) is 5.92 Å². The van der Waals surface area contributed by atoms with Crippen LogP contribution in [-0.4, -0.2) is 30.4 Å². The molecule has 0 aromatic heterocycles. The van der Waals surface area contributed by atoms with Crippen LogP contribution in [0.4, 0.5) is 0 Å². The van der Waals surface area contributed by atoms with Crippen LogP contribution < -0.4 is 0 Å². The van der Waals surface area contributed by atoms with E-state index in [0.717, 1.165) is 38.5 Å². The third kappa shape index (κ3) is 2.97. The van der Waals surface area contributed by atoms with Crippen LogP contribution in [0.5, 0.6) is 0 Å². The van der Waals surface area contributed by atoms with Crippen molar-refractivity contribution in [3.8, 4) is 0 Å². The highest BCUT2D eigenvalue weighted by molar-refractivity contribution is 5.99. The number of aliphatic carboxylic acids is 1. The van der Waals surface area contributed by atoms with Gasteiger partial charge in [0, 0.05) is 13.0 Å². The molecule has 2 rings (SSSR count). The van der Waals surface area contributed by atoms with Gasteiger partial charge in [0.15, 0.2) is 5.41 Å². The summed E-state index contributed by atoms with van der Waals surface area (Å²) in [5, 5.41) is 9.39. The minimum Gasteiger partial charge on any atom is -0.480 e. The summed E-state index contributed by atoms with van der Waals surface area (Å²) in [6, 6.07) is 0. The first-order valence-corrected chi connectivity index (χ1v) is 7.57. The monoisotopic (exact) mass is 284 g/mol.